The average molecular weight is 351 g/mol. The molecule has 0 aliphatic carbocycles. The highest BCUT2D eigenvalue weighted by atomic mass is 35.5. The van der Waals surface area contributed by atoms with Crippen LogP contribution in [0.5, 0.6) is 0 Å². The molecule has 0 aromatic heterocycles. The Bertz CT molecular complexity index is 783. The van der Waals surface area contributed by atoms with Crippen LogP contribution in [0.2, 0.25) is 10.0 Å². The fourth-order valence-corrected chi connectivity index (χ4v) is 2.59. The van der Waals surface area contributed by atoms with Gasteiger partial charge in [-0.15, -0.1) is 0 Å². The van der Waals surface area contributed by atoms with E-state index in [1.54, 1.807) is 0 Å². The lowest BCUT2D eigenvalue weighted by Gasteiger charge is -2.01. The van der Waals surface area contributed by atoms with E-state index < -0.39 is 0 Å². The number of benzene rings is 3. The van der Waals surface area contributed by atoms with E-state index in [1.165, 1.54) is 0 Å². The maximum atomic E-state index is 5.92. The topological polar surface area (TPSA) is 0 Å². The van der Waals surface area contributed by atoms with Gasteiger partial charge in [0.1, 0.15) is 0 Å². The van der Waals surface area contributed by atoms with Crippen molar-refractivity contribution in [3.63, 3.8) is 0 Å². The normalized spacial score (nSPS) is 11.4. The molecule has 0 bridgehead atoms. The van der Waals surface area contributed by atoms with Gasteiger partial charge in [-0.1, -0.05) is 96.0 Å². The Morgan fingerprint density at radius 1 is 0.458 bits per heavy atom. The molecule has 0 unspecified atom stereocenters. The van der Waals surface area contributed by atoms with Crippen molar-refractivity contribution >= 4 is 47.5 Å². The molecule has 0 nitrogen and oxygen atoms in total. The van der Waals surface area contributed by atoms with Gasteiger partial charge in [0.05, 0.1) is 0 Å². The number of hydrogen-bond acceptors (Lipinski definition) is 0. The Morgan fingerprint density at radius 3 is 1.21 bits per heavy atom. The van der Waals surface area contributed by atoms with Gasteiger partial charge in [-0.2, -0.15) is 0 Å². The quantitative estimate of drug-likeness (QED) is 0.432. The Morgan fingerprint density at radius 2 is 0.833 bits per heavy atom. The highest BCUT2D eigenvalue weighted by Gasteiger charge is 1.96. The van der Waals surface area contributed by atoms with Crippen molar-refractivity contribution in [2.75, 3.05) is 0 Å². The Hall–Kier alpha value is -2.28. The van der Waals surface area contributed by atoms with E-state index in [2.05, 4.69) is 36.4 Å². The lowest BCUT2D eigenvalue weighted by molar-refractivity contribution is 1.61. The number of hydrogen-bond donors (Lipinski definition) is 0. The third kappa shape index (κ3) is 4.61. The van der Waals surface area contributed by atoms with Crippen molar-refractivity contribution in [1.29, 1.82) is 0 Å². The molecule has 3 aromatic carbocycles. The van der Waals surface area contributed by atoms with Gasteiger partial charge in [0.2, 0.25) is 0 Å². The van der Waals surface area contributed by atoms with Crippen LogP contribution in [-0.2, 0) is 0 Å². The Kier molecular flexibility index (Phi) is 5.53. The molecule has 0 heterocycles. The van der Waals surface area contributed by atoms with Gasteiger partial charge < -0.3 is 0 Å². The van der Waals surface area contributed by atoms with E-state index in [4.69, 9.17) is 23.2 Å². The van der Waals surface area contributed by atoms with Crippen molar-refractivity contribution < 1.29 is 0 Å². The zero-order chi connectivity index (χ0) is 16.8. The predicted octanol–water partition coefficient (Wildman–Crippen LogP) is 7.33. The largest absolute Gasteiger partial charge is 0.0843 e. The summed E-state index contributed by atoms with van der Waals surface area (Å²) in [6.45, 7) is 0. The van der Waals surface area contributed by atoms with Crippen molar-refractivity contribution in [2.24, 2.45) is 0 Å². The van der Waals surface area contributed by atoms with E-state index in [9.17, 15) is 0 Å². The van der Waals surface area contributed by atoms with Crippen LogP contribution in [0.4, 0.5) is 0 Å². The number of rotatable bonds is 4. The molecule has 0 aliphatic rings. The van der Waals surface area contributed by atoms with Gasteiger partial charge in [-0.3, -0.25) is 0 Å². The molecule has 0 aliphatic heterocycles. The van der Waals surface area contributed by atoms with Crippen LogP contribution in [0.15, 0.2) is 72.8 Å². The van der Waals surface area contributed by atoms with E-state index >= 15 is 0 Å². The minimum Gasteiger partial charge on any atom is -0.0843 e. The monoisotopic (exact) mass is 350 g/mol. The molecule has 0 spiro atoms. The summed E-state index contributed by atoms with van der Waals surface area (Å²) in [7, 11) is 0. The Balaban J connectivity index is 1.82. The molecule has 24 heavy (non-hydrogen) atoms. The van der Waals surface area contributed by atoms with Crippen LogP contribution in [-0.4, -0.2) is 0 Å². The smallest absolute Gasteiger partial charge is 0.0406 e. The zero-order valence-corrected chi connectivity index (χ0v) is 14.5. The molecule has 0 saturated heterocycles. The number of halogens is 2. The van der Waals surface area contributed by atoms with E-state index in [-0.39, 0.29) is 0 Å². The molecule has 3 rings (SSSR count). The van der Waals surface area contributed by atoms with Gasteiger partial charge in [0.15, 0.2) is 0 Å². The second kappa shape index (κ2) is 8.01. The van der Waals surface area contributed by atoms with Gasteiger partial charge in [0, 0.05) is 10.0 Å². The molecular formula is C22H16Cl2. The molecule has 0 N–H and O–H groups in total. The fraction of sp³-hybridized carbons (Fsp3) is 0. The van der Waals surface area contributed by atoms with Crippen LogP contribution in [0.25, 0.3) is 24.3 Å². The van der Waals surface area contributed by atoms with E-state index in [0.717, 1.165) is 32.3 Å². The lowest BCUT2D eigenvalue weighted by Crippen LogP contribution is -1.80. The molecule has 0 fully saturated rings. The second-order valence-electron chi connectivity index (χ2n) is 5.40. The summed E-state index contributed by atoms with van der Waals surface area (Å²) in [4.78, 5) is 0. The first-order chi connectivity index (χ1) is 11.7. The highest BCUT2D eigenvalue weighted by Crippen LogP contribution is 2.18. The van der Waals surface area contributed by atoms with Gasteiger partial charge in [0.25, 0.3) is 0 Å². The van der Waals surface area contributed by atoms with Crippen LogP contribution < -0.4 is 0 Å². The molecule has 0 saturated carbocycles. The van der Waals surface area contributed by atoms with Crippen molar-refractivity contribution in [2.45, 2.75) is 0 Å². The minimum absolute atomic E-state index is 0.749. The first kappa shape index (κ1) is 16.6. The molecule has 2 heteroatoms. The molecule has 3 aromatic rings. The summed E-state index contributed by atoms with van der Waals surface area (Å²) in [5.74, 6) is 0. The maximum Gasteiger partial charge on any atom is 0.0406 e. The summed E-state index contributed by atoms with van der Waals surface area (Å²) < 4.78 is 0. The predicted molar refractivity (Wildman–Crippen MR) is 107 cm³/mol. The van der Waals surface area contributed by atoms with E-state index in [0.29, 0.717) is 0 Å². The summed E-state index contributed by atoms with van der Waals surface area (Å²) in [6, 6.07) is 23.9. The summed E-state index contributed by atoms with van der Waals surface area (Å²) in [5.41, 5.74) is 4.57. The first-order valence-electron chi connectivity index (χ1n) is 7.67. The van der Waals surface area contributed by atoms with Crippen molar-refractivity contribution in [3.05, 3.63) is 105 Å². The minimum atomic E-state index is 0.749. The summed E-state index contributed by atoms with van der Waals surface area (Å²) in [6.07, 6.45) is 8.41. The molecular weight excluding hydrogens is 335 g/mol. The van der Waals surface area contributed by atoms with Crippen LogP contribution in [0.1, 0.15) is 22.3 Å². The highest BCUT2D eigenvalue weighted by molar-refractivity contribution is 6.30. The van der Waals surface area contributed by atoms with Crippen molar-refractivity contribution in [1.82, 2.24) is 0 Å². The molecule has 0 radical (unpaired) electrons. The van der Waals surface area contributed by atoms with Gasteiger partial charge in [-0.05, 0) is 46.5 Å². The second-order valence-corrected chi connectivity index (χ2v) is 6.27. The lowest BCUT2D eigenvalue weighted by atomic mass is 10.0. The molecule has 118 valence electrons. The SMILES string of the molecule is Clc1ccc(/C=C/c2ccccc2/C=C/c2ccc(Cl)cc2)cc1. The standard InChI is InChI=1S/C22H16Cl2/c23-21-13-7-17(8-14-21)5-11-19-3-1-2-4-20(19)12-6-18-9-15-22(24)16-10-18/h1-16H/b11-5+,12-6+. The third-order valence-corrected chi connectivity index (χ3v) is 4.15. The maximum absolute atomic E-state index is 5.92. The zero-order valence-electron chi connectivity index (χ0n) is 13.0. The van der Waals surface area contributed by atoms with Crippen LogP contribution in [0, 0.1) is 0 Å². The average Bonchev–Trinajstić information content (AvgIpc) is 2.61. The van der Waals surface area contributed by atoms with Gasteiger partial charge in [-0.25, -0.2) is 0 Å². The van der Waals surface area contributed by atoms with Crippen molar-refractivity contribution in [3.8, 4) is 0 Å². The Labute approximate surface area is 152 Å². The summed E-state index contributed by atoms with van der Waals surface area (Å²) >= 11 is 11.8. The fourth-order valence-electron chi connectivity index (χ4n) is 2.33. The van der Waals surface area contributed by atoms with Crippen LogP contribution >= 0.6 is 23.2 Å². The van der Waals surface area contributed by atoms with E-state index in [1.807, 2.05) is 60.7 Å². The molecule has 0 atom stereocenters. The molecule has 0 amide bonds. The first-order valence-corrected chi connectivity index (χ1v) is 8.43. The third-order valence-electron chi connectivity index (χ3n) is 3.65. The van der Waals surface area contributed by atoms with Gasteiger partial charge >= 0.3 is 0 Å². The van der Waals surface area contributed by atoms with Crippen LogP contribution in [0.3, 0.4) is 0 Å². The summed E-state index contributed by atoms with van der Waals surface area (Å²) in [5, 5.41) is 1.50.